The van der Waals surface area contributed by atoms with Gasteiger partial charge in [0.05, 0.1) is 34.4 Å². The molecule has 3 atom stereocenters. The Kier molecular flexibility index (Phi) is 7.68. The molecule has 4 heterocycles. The van der Waals surface area contributed by atoms with E-state index in [4.69, 9.17) is 16.3 Å². The van der Waals surface area contributed by atoms with Gasteiger partial charge in [0.15, 0.2) is 11.4 Å². The zero-order valence-electron chi connectivity index (χ0n) is 23.0. The Balaban J connectivity index is 1.37. The second kappa shape index (κ2) is 11.4. The fraction of sp³-hybridized carbons (Fsp3) is 0.355. The first-order chi connectivity index (χ1) is 20.6. The normalized spacial score (nSPS) is 23.4. The van der Waals surface area contributed by atoms with Crippen molar-refractivity contribution in [2.75, 3.05) is 23.7 Å². The van der Waals surface area contributed by atoms with Crippen molar-refractivity contribution in [1.82, 2.24) is 9.88 Å². The average Bonchev–Trinajstić information content (AvgIpc) is 2.98. The molecule has 2 amide bonds. The van der Waals surface area contributed by atoms with Crippen LogP contribution in [0.1, 0.15) is 55.7 Å². The molecule has 1 aromatic heterocycles. The van der Waals surface area contributed by atoms with E-state index in [-0.39, 0.29) is 28.7 Å². The summed E-state index contributed by atoms with van der Waals surface area (Å²) in [5.41, 5.74) is 0.899. The highest BCUT2D eigenvalue weighted by molar-refractivity contribution is 6.31. The van der Waals surface area contributed by atoms with Crippen LogP contribution in [0.5, 0.6) is 0 Å². The average molecular weight is 611 g/mol. The molecule has 6 rings (SSSR count). The lowest BCUT2D eigenvalue weighted by Gasteiger charge is -2.45. The number of anilines is 2. The van der Waals surface area contributed by atoms with Crippen molar-refractivity contribution >= 4 is 40.9 Å². The van der Waals surface area contributed by atoms with Crippen LogP contribution in [0.4, 0.5) is 25.0 Å². The fourth-order valence-electron chi connectivity index (χ4n) is 6.41. The van der Waals surface area contributed by atoms with Gasteiger partial charge in [-0.1, -0.05) is 24.4 Å². The van der Waals surface area contributed by atoms with E-state index in [0.717, 1.165) is 0 Å². The minimum absolute atomic E-state index is 0.0707. The number of carboxylic acid groups (broad SMARTS) is 1. The Morgan fingerprint density at radius 3 is 2.67 bits per heavy atom. The number of nitrogens with zero attached hydrogens (tertiary/aromatic N) is 2. The molecule has 3 aromatic rings. The number of carboxylic acids is 1. The summed E-state index contributed by atoms with van der Waals surface area (Å²) < 4.78 is 35.5. The molecule has 43 heavy (non-hydrogen) atoms. The van der Waals surface area contributed by atoms with E-state index in [1.807, 2.05) is 0 Å². The summed E-state index contributed by atoms with van der Waals surface area (Å²) in [7, 11) is 0. The number of aliphatic carboxylic acids is 1. The molecule has 3 aliphatic rings. The first kappa shape index (κ1) is 28.9. The van der Waals surface area contributed by atoms with Crippen LogP contribution in [-0.2, 0) is 19.9 Å². The van der Waals surface area contributed by atoms with Crippen LogP contribution in [0.2, 0.25) is 5.02 Å². The molecule has 1 unspecified atom stereocenters. The number of likely N-dealkylation sites (tertiary alicyclic amines) is 1. The number of piperidine rings is 1. The highest BCUT2D eigenvalue weighted by Gasteiger charge is 2.49. The predicted molar refractivity (Wildman–Crippen MR) is 155 cm³/mol. The topological polar surface area (TPSA) is 121 Å². The lowest BCUT2D eigenvalue weighted by Crippen LogP contribution is -2.54. The molecule has 1 saturated heterocycles. The van der Waals surface area contributed by atoms with Crippen molar-refractivity contribution in [2.45, 2.75) is 56.1 Å². The molecule has 224 valence electrons. The molecule has 0 radical (unpaired) electrons. The van der Waals surface area contributed by atoms with Crippen molar-refractivity contribution < 1.29 is 33.0 Å². The molecule has 1 spiro atoms. The number of fused-ring (bicyclic) bond motifs is 6. The molecule has 2 aromatic carbocycles. The number of amides is 2. The number of nitrogens with one attached hydrogen (secondary N) is 2. The van der Waals surface area contributed by atoms with Gasteiger partial charge >= 0.3 is 12.1 Å². The molecular formula is C31H29ClF2N4O5. The highest BCUT2D eigenvalue weighted by Crippen LogP contribution is 2.46. The Labute approximate surface area is 251 Å². The summed E-state index contributed by atoms with van der Waals surface area (Å²) in [5.74, 6) is -3.22. The largest absolute Gasteiger partial charge is 0.480 e. The van der Waals surface area contributed by atoms with Crippen LogP contribution in [0, 0.1) is 11.6 Å². The summed E-state index contributed by atoms with van der Waals surface area (Å²) in [4.78, 5) is 44.9. The van der Waals surface area contributed by atoms with E-state index in [1.165, 1.54) is 30.3 Å². The Morgan fingerprint density at radius 2 is 1.86 bits per heavy atom. The van der Waals surface area contributed by atoms with Gasteiger partial charge in [-0.3, -0.25) is 15.1 Å². The molecule has 3 aliphatic heterocycles. The summed E-state index contributed by atoms with van der Waals surface area (Å²) in [6.07, 6.45) is 3.27. The summed E-state index contributed by atoms with van der Waals surface area (Å²) in [6, 6.07) is 9.46. The first-order valence-electron chi connectivity index (χ1n) is 14.2. The number of halogens is 3. The maximum atomic E-state index is 15.4. The lowest BCUT2D eigenvalue weighted by atomic mass is 9.82. The minimum Gasteiger partial charge on any atom is -0.480 e. The van der Waals surface area contributed by atoms with Crippen LogP contribution in [0.25, 0.3) is 11.1 Å². The summed E-state index contributed by atoms with van der Waals surface area (Å²) >= 11 is 6.11. The second-order valence-corrected chi connectivity index (χ2v) is 11.6. The third kappa shape index (κ3) is 5.49. The van der Waals surface area contributed by atoms with Crippen LogP contribution < -0.4 is 10.6 Å². The summed E-state index contributed by atoms with van der Waals surface area (Å²) in [5, 5.41) is 15.3. The van der Waals surface area contributed by atoms with Gasteiger partial charge in [0.1, 0.15) is 11.9 Å². The van der Waals surface area contributed by atoms with Gasteiger partial charge in [0, 0.05) is 24.0 Å². The molecular weight excluding hydrogens is 582 g/mol. The van der Waals surface area contributed by atoms with E-state index in [2.05, 4.69) is 15.6 Å². The number of aromatic nitrogens is 1. The standard InChI is InChI=1S/C31H29ClF2N4O5/c32-21-7-9-23-26(27(21)34)31(43-30(42)37-23)11-3-13-38(16-31)28(39)19-4-1-2-5-24(29(40)41)36-22-8-6-18(33)15-20(22)17-10-12-35-25(19)14-17/h6-10,12,14-15,19,24,36H,1-5,11,13,16H2,(H,37,42)(H,40,41)/t19-,24?,31+/m1/s1. The minimum atomic E-state index is -1.42. The van der Waals surface area contributed by atoms with Crippen molar-refractivity contribution in [2.24, 2.45) is 0 Å². The molecule has 9 nitrogen and oxygen atoms in total. The molecule has 3 N–H and O–H groups in total. The predicted octanol–water partition coefficient (Wildman–Crippen LogP) is 6.28. The number of hydrogen-bond donors (Lipinski definition) is 3. The third-order valence-electron chi connectivity index (χ3n) is 8.43. The number of carbonyl (C=O) groups excluding carboxylic acids is 2. The number of rotatable bonds is 2. The number of ether oxygens (including phenoxy) is 1. The maximum absolute atomic E-state index is 15.4. The van der Waals surface area contributed by atoms with Crippen LogP contribution in [-0.4, -0.2) is 52.1 Å². The number of hydrogen-bond acceptors (Lipinski definition) is 6. The molecule has 2 bridgehead atoms. The van der Waals surface area contributed by atoms with E-state index >= 15 is 4.39 Å². The van der Waals surface area contributed by atoms with Gasteiger partial charge in [-0.25, -0.2) is 18.4 Å². The quantitative estimate of drug-likeness (QED) is 0.312. The van der Waals surface area contributed by atoms with Crippen molar-refractivity contribution in [1.29, 1.82) is 0 Å². The maximum Gasteiger partial charge on any atom is 0.412 e. The van der Waals surface area contributed by atoms with Gasteiger partial charge < -0.3 is 20.1 Å². The molecule has 12 heteroatoms. The van der Waals surface area contributed by atoms with Crippen molar-refractivity contribution in [3.05, 3.63) is 76.6 Å². The molecule has 1 fully saturated rings. The van der Waals surface area contributed by atoms with Crippen molar-refractivity contribution in [3.63, 3.8) is 0 Å². The Bertz CT molecular complexity index is 1620. The summed E-state index contributed by atoms with van der Waals surface area (Å²) in [6.45, 7) is 0.289. The van der Waals surface area contributed by atoms with Gasteiger partial charge in [-0.05, 0) is 73.7 Å². The van der Waals surface area contributed by atoms with Gasteiger partial charge in [0.25, 0.3) is 0 Å². The number of pyridine rings is 1. The molecule has 0 saturated carbocycles. The van der Waals surface area contributed by atoms with E-state index in [9.17, 15) is 23.9 Å². The van der Waals surface area contributed by atoms with E-state index < -0.39 is 41.3 Å². The molecule has 0 aliphatic carbocycles. The van der Waals surface area contributed by atoms with E-state index in [1.54, 1.807) is 23.2 Å². The first-order valence-corrected chi connectivity index (χ1v) is 14.6. The van der Waals surface area contributed by atoms with Crippen molar-refractivity contribution in [3.8, 4) is 11.1 Å². The monoisotopic (exact) mass is 610 g/mol. The van der Waals surface area contributed by atoms with E-state index in [0.29, 0.717) is 67.6 Å². The zero-order chi connectivity index (χ0) is 30.3. The van der Waals surface area contributed by atoms with Crippen LogP contribution >= 0.6 is 11.6 Å². The van der Waals surface area contributed by atoms with Gasteiger partial charge in [0.2, 0.25) is 5.91 Å². The SMILES string of the molecule is O=C1Nc2ccc(Cl)c(F)c2[C@@]2(CCCN(C(=O)[C@@H]3CCCCC(C(=O)O)Nc4ccc(F)cc4-c4ccnc3c4)C2)O1. The Hall–Kier alpha value is -4.25. The lowest BCUT2D eigenvalue weighted by molar-refractivity contribution is -0.141. The zero-order valence-corrected chi connectivity index (χ0v) is 23.8. The number of benzene rings is 2. The van der Waals surface area contributed by atoms with Gasteiger partial charge in [-0.15, -0.1) is 0 Å². The highest BCUT2D eigenvalue weighted by atomic mass is 35.5. The smallest absolute Gasteiger partial charge is 0.412 e. The Morgan fingerprint density at radius 1 is 1.07 bits per heavy atom. The number of carbonyl (C=O) groups is 3. The fourth-order valence-corrected chi connectivity index (χ4v) is 6.57. The second-order valence-electron chi connectivity index (χ2n) is 11.2. The van der Waals surface area contributed by atoms with Gasteiger partial charge in [-0.2, -0.15) is 0 Å². The van der Waals surface area contributed by atoms with Crippen LogP contribution in [0.3, 0.4) is 0 Å². The third-order valence-corrected chi connectivity index (χ3v) is 8.73. The van der Waals surface area contributed by atoms with Crippen LogP contribution in [0.15, 0.2) is 48.7 Å².